The normalized spacial score (nSPS) is 16.5. The van der Waals surface area contributed by atoms with E-state index in [1.165, 1.54) is 0 Å². The fourth-order valence-corrected chi connectivity index (χ4v) is 3.45. The third-order valence-electron chi connectivity index (χ3n) is 5.08. The molecule has 1 saturated heterocycles. The Bertz CT molecular complexity index is 500. The molecule has 0 spiro atoms. The molecule has 162 valence electrons. The molecule has 2 N–H and O–H groups in total. The number of carbonyl (C=O) groups excluding carboxylic acids is 3. The summed E-state index contributed by atoms with van der Waals surface area (Å²) in [6.07, 6.45) is 3.11. The van der Waals surface area contributed by atoms with Crippen LogP contribution in [0.2, 0.25) is 0 Å². The van der Waals surface area contributed by atoms with Gasteiger partial charge in [-0.1, -0.05) is 34.6 Å². The summed E-state index contributed by atoms with van der Waals surface area (Å²) in [5.74, 6) is 0.512. The first-order chi connectivity index (χ1) is 13.2. The lowest BCUT2D eigenvalue weighted by molar-refractivity contribution is -0.133. The lowest BCUT2D eigenvalue weighted by Gasteiger charge is -2.34. The molecule has 7 heteroatoms. The van der Waals surface area contributed by atoms with E-state index >= 15 is 0 Å². The van der Waals surface area contributed by atoms with Crippen LogP contribution in [0.4, 0.5) is 0 Å². The summed E-state index contributed by atoms with van der Waals surface area (Å²) in [4.78, 5) is 40.1. The van der Waals surface area contributed by atoms with Crippen LogP contribution in [-0.2, 0) is 14.4 Å². The highest BCUT2D eigenvalue weighted by Crippen LogP contribution is 2.09. The average Bonchev–Trinajstić information content (AvgIpc) is 2.65. The minimum Gasteiger partial charge on any atom is -0.355 e. The van der Waals surface area contributed by atoms with E-state index in [1.54, 1.807) is 0 Å². The predicted octanol–water partition coefficient (Wildman–Crippen LogP) is 1.42. The Morgan fingerprint density at radius 3 is 2.14 bits per heavy atom. The molecule has 28 heavy (non-hydrogen) atoms. The smallest absolute Gasteiger partial charge is 0.234 e. The van der Waals surface area contributed by atoms with Crippen LogP contribution in [0.25, 0.3) is 0 Å². The molecule has 0 aromatic rings. The molecular formula is C21H40N4O3. The van der Waals surface area contributed by atoms with Crippen molar-refractivity contribution in [2.24, 2.45) is 5.92 Å². The van der Waals surface area contributed by atoms with E-state index in [9.17, 15) is 14.4 Å². The Kier molecular flexibility index (Phi) is 11.3. The van der Waals surface area contributed by atoms with Gasteiger partial charge >= 0.3 is 0 Å². The highest BCUT2D eigenvalue weighted by Gasteiger charge is 2.22. The van der Waals surface area contributed by atoms with Crippen molar-refractivity contribution in [2.45, 2.75) is 72.4 Å². The highest BCUT2D eigenvalue weighted by atomic mass is 16.2. The Morgan fingerprint density at radius 2 is 1.61 bits per heavy atom. The van der Waals surface area contributed by atoms with Crippen LogP contribution in [0.15, 0.2) is 0 Å². The van der Waals surface area contributed by atoms with Crippen LogP contribution in [-0.4, -0.2) is 78.7 Å². The number of hydrogen-bond acceptors (Lipinski definition) is 5. The largest absolute Gasteiger partial charge is 0.355 e. The van der Waals surface area contributed by atoms with E-state index in [1.807, 2.05) is 25.7 Å². The van der Waals surface area contributed by atoms with Crippen molar-refractivity contribution < 1.29 is 14.4 Å². The van der Waals surface area contributed by atoms with Crippen molar-refractivity contribution in [2.75, 3.05) is 39.3 Å². The molecule has 2 amide bonds. The number of piperazine rings is 1. The number of ketones is 1. The van der Waals surface area contributed by atoms with Crippen molar-refractivity contribution in [3.05, 3.63) is 0 Å². The lowest BCUT2D eigenvalue weighted by Crippen LogP contribution is -2.51. The van der Waals surface area contributed by atoms with Gasteiger partial charge in [0.15, 0.2) is 5.78 Å². The van der Waals surface area contributed by atoms with E-state index in [4.69, 9.17) is 0 Å². The van der Waals surface area contributed by atoms with Gasteiger partial charge in [-0.25, -0.2) is 0 Å². The third kappa shape index (κ3) is 9.15. The molecule has 0 unspecified atom stereocenters. The first kappa shape index (κ1) is 24.6. The summed E-state index contributed by atoms with van der Waals surface area (Å²) in [6.45, 7) is 13.8. The molecule has 1 heterocycles. The molecule has 1 aliphatic heterocycles. The summed E-state index contributed by atoms with van der Waals surface area (Å²) < 4.78 is 0. The molecule has 1 fully saturated rings. The average molecular weight is 397 g/mol. The number of nitrogens with zero attached hydrogens (tertiary/aromatic N) is 2. The maximum Gasteiger partial charge on any atom is 0.234 e. The molecule has 0 bridgehead atoms. The number of rotatable bonds is 12. The van der Waals surface area contributed by atoms with Gasteiger partial charge in [0, 0.05) is 51.1 Å². The van der Waals surface area contributed by atoms with Gasteiger partial charge in [0.2, 0.25) is 11.8 Å². The second kappa shape index (κ2) is 12.9. The van der Waals surface area contributed by atoms with Crippen molar-refractivity contribution in [3.63, 3.8) is 0 Å². The summed E-state index contributed by atoms with van der Waals surface area (Å²) in [5.41, 5.74) is 0. The van der Waals surface area contributed by atoms with Gasteiger partial charge in [-0.3, -0.25) is 19.3 Å². The van der Waals surface area contributed by atoms with E-state index in [-0.39, 0.29) is 35.6 Å². The minimum atomic E-state index is -0.0992. The Labute approximate surface area is 170 Å². The van der Waals surface area contributed by atoms with Crippen LogP contribution >= 0.6 is 0 Å². The third-order valence-corrected chi connectivity index (χ3v) is 5.08. The fraction of sp³-hybridized carbons (Fsp3) is 0.857. The second-order valence-corrected chi connectivity index (χ2v) is 8.29. The SMILES string of the molecule is CCC(=O)N1CCN(CC(=O)NCCCC[C@H](NC(C)C)C(=O)C(C)C)CC1. The quantitative estimate of drug-likeness (QED) is 0.488. The van der Waals surface area contributed by atoms with Crippen LogP contribution in [0.3, 0.4) is 0 Å². The molecular weight excluding hydrogens is 356 g/mol. The number of Topliss-reactive ketones (excluding diaryl/α,β-unsaturated/α-hetero) is 1. The maximum atomic E-state index is 12.3. The maximum absolute atomic E-state index is 12.3. The predicted molar refractivity (Wildman–Crippen MR) is 112 cm³/mol. The van der Waals surface area contributed by atoms with Crippen molar-refractivity contribution in [1.29, 1.82) is 0 Å². The van der Waals surface area contributed by atoms with Gasteiger partial charge in [0.1, 0.15) is 0 Å². The van der Waals surface area contributed by atoms with Gasteiger partial charge in [0.25, 0.3) is 0 Å². The van der Waals surface area contributed by atoms with Crippen LogP contribution in [0.5, 0.6) is 0 Å². The zero-order valence-electron chi connectivity index (χ0n) is 18.4. The molecule has 0 aromatic carbocycles. The van der Waals surface area contributed by atoms with Crippen molar-refractivity contribution in [3.8, 4) is 0 Å². The lowest BCUT2D eigenvalue weighted by atomic mass is 9.96. The Morgan fingerprint density at radius 1 is 0.964 bits per heavy atom. The van der Waals surface area contributed by atoms with Gasteiger partial charge in [-0.15, -0.1) is 0 Å². The second-order valence-electron chi connectivity index (χ2n) is 8.29. The Hall–Kier alpha value is -1.47. The fourth-order valence-electron chi connectivity index (χ4n) is 3.45. The zero-order valence-corrected chi connectivity index (χ0v) is 18.4. The molecule has 0 saturated carbocycles. The topological polar surface area (TPSA) is 81.8 Å². The number of amides is 2. The van der Waals surface area contributed by atoms with Gasteiger partial charge in [-0.2, -0.15) is 0 Å². The first-order valence-electron chi connectivity index (χ1n) is 10.8. The van der Waals surface area contributed by atoms with Crippen LogP contribution in [0, 0.1) is 5.92 Å². The monoisotopic (exact) mass is 396 g/mol. The minimum absolute atomic E-state index is 0.0315. The van der Waals surface area contributed by atoms with E-state index in [0.29, 0.717) is 32.6 Å². The van der Waals surface area contributed by atoms with E-state index in [0.717, 1.165) is 32.4 Å². The summed E-state index contributed by atoms with van der Waals surface area (Å²) in [6, 6.07) is 0.179. The molecule has 0 aliphatic carbocycles. The number of nitrogens with one attached hydrogen (secondary N) is 2. The van der Waals surface area contributed by atoms with Crippen molar-refractivity contribution >= 4 is 17.6 Å². The first-order valence-corrected chi connectivity index (χ1v) is 10.8. The molecule has 7 nitrogen and oxygen atoms in total. The van der Waals surface area contributed by atoms with Crippen LogP contribution < -0.4 is 10.6 Å². The van der Waals surface area contributed by atoms with Crippen LogP contribution in [0.1, 0.15) is 60.3 Å². The number of unbranched alkanes of at least 4 members (excludes halogenated alkanes) is 1. The highest BCUT2D eigenvalue weighted by molar-refractivity contribution is 5.85. The number of hydrogen-bond donors (Lipinski definition) is 2. The van der Waals surface area contributed by atoms with Gasteiger partial charge in [0.05, 0.1) is 12.6 Å². The molecule has 0 radical (unpaired) electrons. The molecule has 0 aromatic heterocycles. The Balaban J connectivity index is 2.20. The number of carbonyl (C=O) groups is 3. The van der Waals surface area contributed by atoms with Gasteiger partial charge in [-0.05, 0) is 19.3 Å². The van der Waals surface area contributed by atoms with E-state index < -0.39 is 0 Å². The van der Waals surface area contributed by atoms with Gasteiger partial charge < -0.3 is 15.5 Å². The summed E-state index contributed by atoms with van der Waals surface area (Å²) >= 11 is 0. The molecule has 1 atom stereocenters. The van der Waals surface area contributed by atoms with Crippen molar-refractivity contribution in [1.82, 2.24) is 20.4 Å². The summed E-state index contributed by atoms with van der Waals surface area (Å²) in [5, 5.41) is 6.33. The zero-order chi connectivity index (χ0) is 21.1. The van der Waals surface area contributed by atoms with E-state index in [2.05, 4.69) is 29.4 Å². The molecule has 1 rings (SSSR count). The standard InChI is InChI=1S/C21H40N4O3/c1-6-20(27)25-13-11-24(12-14-25)15-19(26)22-10-8-7-9-18(23-17(4)5)21(28)16(2)3/h16-18,23H,6-15H2,1-5H3,(H,22,26)/t18-/m0/s1. The summed E-state index contributed by atoms with van der Waals surface area (Å²) in [7, 11) is 0. The molecule has 1 aliphatic rings.